The highest BCUT2D eigenvalue weighted by Gasteiger charge is 2.34. The Labute approximate surface area is 145 Å². The fourth-order valence-electron chi connectivity index (χ4n) is 4.38. The summed E-state index contributed by atoms with van der Waals surface area (Å²) < 4.78 is 0. The van der Waals surface area contributed by atoms with Gasteiger partial charge in [0.2, 0.25) is 0 Å². The zero-order valence-electron chi connectivity index (χ0n) is 16.3. The molecule has 0 heterocycles. The molecule has 0 radical (unpaired) electrons. The smallest absolute Gasteiger partial charge is 0.0709 e. The molecule has 0 N–H and O–H groups in total. The van der Waals surface area contributed by atoms with Gasteiger partial charge >= 0.3 is 0 Å². The summed E-state index contributed by atoms with van der Waals surface area (Å²) in [6, 6.07) is 4.75. The summed E-state index contributed by atoms with van der Waals surface area (Å²) in [6.45, 7) is 16.3. The quantitative estimate of drug-likeness (QED) is 0.482. The van der Waals surface area contributed by atoms with E-state index in [4.69, 9.17) is 0 Å². The SMILES string of the molecule is CCCCCC1=C(C)C(C)=CC1(C)[SiH2]c1c(C)cc(C)cc1C. The van der Waals surface area contributed by atoms with Crippen molar-refractivity contribution in [3.63, 3.8) is 0 Å². The van der Waals surface area contributed by atoms with Crippen molar-refractivity contribution in [3.05, 3.63) is 51.6 Å². The van der Waals surface area contributed by atoms with Gasteiger partial charge in [0, 0.05) is 5.04 Å². The summed E-state index contributed by atoms with van der Waals surface area (Å²) in [6.07, 6.45) is 7.90. The molecule has 0 spiro atoms. The molecule has 0 nitrogen and oxygen atoms in total. The van der Waals surface area contributed by atoms with Gasteiger partial charge in [0.05, 0.1) is 9.52 Å². The van der Waals surface area contributed by atoms with Gasteiger partial charge in [-0.05, 0) is 53.0 Å². The van der Waals surface area contributed by atoms with Crippen LogP contribution in [-0.2, 0) is 0 Å². The molecule has 0 amide bonds. The summed E-state index contributed by atoms with van der Waals surface area (Å²) in [4.78, 5) is 0. The molecule has 0 saturated carbocycles. The van der Waals surface area contributed by atoms with E-state index in [-0.39, 0.29) is 9.52 Å². The first-order valence-corrected chi connectivity index (χ1v) is 10.7. The van der Waals surface area contributed by atoms with E-state index in [0.29, 0.717) is 5.04 Å². The first-order valence-electron chi connectivity index (χ1n) is 9.25. The van der Waals surface area contributed by atoms with Gasteiger partial charge in [0.15, 0.2) is 0 Å². The maximum atomic E-state index is 2.59. The number of rotatable bonds is 6. The van der Waals surface area contributed by atoms with Gasteiger partial charge < -0.3 is 0 Å². The van der Waals surface area contributed by atoms with Gasteiger partial charge in [0.1, 0.15) is 0 Å². The van der Waals surface area contributed by atoms with Crippen LogP contribution in [0.3, 0.4) is 0 Å². The van der Waals surface area contributed by atoms with Crippen molar-refractivity contribution in [2.24, 2.45) is 0 Å². The van der Waals surface area contributed by atoms with Crippen molar-refractivity contribution in [1.29, 1.82) is 0 Å². The molecule has 1 atom stereocenters. The maximum absolute atomic E-state index is 2.59. The van der Waals surface area contributed by atoms with Crippen molar-refractivity contribution >= 4 is 14.7 Å². The average Bonchev–Trinajstić information content (AvgIpc) is 2.66. The molecule has 1 unspecified atom stereocenters. The molecule has 1 heteroatoms. The highest BCUT2D eigenvalue weighted by atomic mass is 28.2. The molecular formula is C22H34Si. The normalized spacial score (nSPS) is 21.6. The number of hydrogen-bond acceptors (Lipinski definition) is 0. The van der Waals surface area contributed by atoms with Crippen LogP contribution in [0.25, 0.3) is 0 Å². The lowest BCUT2D eigenvalue weighted by Gasteiger charge is -2.29. The summed E-state index contributed by atoms with van der Waals surface area (Å²) >= 11 is 0. The van der Waals surface area contributed by atoms with Crippen molar-refractivity contribution in [1.82, 2.24) is 0 Å². The van der Waals surface area contributed by atoms with E-state index in [9.17, 15) is 0 Å². The highest BCUT2D eigenvalue weighted by Crippen LogP contribution is 2.48. The first-order chi connectivity index (χ1) is 10.8. The monoisotopic (exact) mass is 326 g/mol. The van der Waals surface area contributed by atoms with Crippen LogP contribution < -0.4 is 5.19 Å². The second kappa shape index (κ2) is 7.21. The third kappa shape index (κ3) is 3.88. The molecule has 1 aliphatic carbocycles. The van der Waals surface area contributed by atoms with Crippen LogP contribution in [0.4, 0.5) is 0 Å². The first kappa shape index (κ1) is 18.3. The van der Waals surface area contributed by atoms with Gasteiger partial charge in [-0.15, -0.1) is 0 Å². The van der Waals surface area contributed by atoms with E-state index in [1.165, 1.54) is 47.9 Å². The van der Waals surface area contributed by atoms with Gasteiger partial charge in [-0.1, -0.05) is 77.9 Å². The summed E-state index contributed by atoms with van der Waals surface area (Å²) in [5, 5.41) is 2.03. The van der Waals surface area contributed by atoms with Crippen LogP contribution in [-0.4, -0.2) is 9.52 Å². The zero-order valence-corrected chi connectivity index (χ0v) is 17.7. The summed E-state index contributed by atoms with van der Waals surface area (Å²) in [5.74, 6) is 0. The summed E-state index contributed by atoms with van der Waals surface area (Å²) in [7, 11) is -0.385. The Bertz CT molecular complexity index is 625. The lowest BCUT2D eigenvalue weighted by atomic mass is 9.95. The van der Waals surface area contributed by atoms with Gasteiger partial charge in [-0.3, -0.25) is 0 Å². The second-order valence-electron chi connectivity index (χ2n) is 7.86. The molecule has 0 bridgehead atoms. The maximum Gasteiger partial charge on any atom is 0.0709 e. The Kier molecular flexibility index (Phi) is 5.73. The van der Waals surface area contributed by atoms with Gasteiger partial charge in [-0.2, -0.15) is 0 Å². The van der Waals surface area contributed by atoms with Crippen LogP contribution >= 0.6 is 0 Å². The Balaban J connectivity index is 2.33. The van der Waals surface area contributed by atoms with Crippen molar-refractivity contribution in [2.45, 2.75) is 79.2 Å². The molecule has 1 aromatic carbocycles. The Morgan fingerprint density at radius 1 is 0.957 bits per heavy atom. The molecule has 0 aromatic heterocycles. The third-order valence-corrected chi connectivity index (χ3v) is 8.52. The molecule has 0 fully saturated rings. The fourth-order valence-corrected chi connectivity index (χ4v) is 6.94. The Morgan fingerprint density at radius 2 is 1.57 bits per heavy atom. The van der Waals surface area contributed by atoms with Crippen LogP contribution in [0, 0.1) is 20.8 Å². The van der Waals surface area contributed by atoms with E-state index in [0.717, 1.165) is 0 Å². The topological polar surface area (TPSA) is 0 Å². The molecule has 0 aliphatic heterocycles. The minimum absolute atomic E-state index is 0.340. The van der Waals surface area contributed by atoms with Crippen LogP contribution in [0.15, 0.2) is 34.9 Å². The van der Waals surface area contributed by atoms with Crippen LogP contribution in [0.2, 0.25) is 5.04 Å². The predicted octanol–water partition coefficient (Wildman–Crippen LogP) is 5.44. The van der Waals surface area contributed by atoms with E-state index in [2.05, 4.69) is 66.7 Å². The molecule has 1 aromatic rings. The van der Waals surface area contributed by atoms with Crippen LogP contribution in [0.1, 0.15) is 70.1 Å². The third-order valence-electron chi connectivity index (χ3n) is 5.68. The average molecular weight is 327 g/mol. The number of aryl methyl sites for hydroxylation is 3. The Hall–Kier alpha value is -1.08. The predicted molar refractivity (Wildman–Crippen MR) is 108 cm³/mol. The molecule has 1 aliphatic rings. The minimum atomic E-state index is -0.385. The molecule has 126 valence electrons. The van der Waals surface area contributed by atoms with Gasteiger partial charge in [0.25, 0.3) is 0 Å². The summed E-state index contributed by atoms with van der Waals surface area (Å²) in [5.41, 5.74) is 9.27. The van der Waals surface area contributed by atoms with E-state index in [1.54, 1.807) is 16.3 Å². The van der Waals surface area contributed by atoms with Crippen molar-refractivity contribution < 1.29 is 0 Å². The largest absolute Gasteiger partial charge is 0.0744 e. The van der Waals surface area contributed by atoms with E-state index < -0.39 is 0 Å². The lowest BCUT2D eigenvalue weighted by Crippen LogP contribution is -2.31. The number of hydrogen-bond donors (Lipinski definition) is 0. The number of allylic oxidation sites excluding steroid dienone is 4. The zero-order chi connectivity index (χ0) is 17.2. The lowest BCUT2D eigenvalue weighted by molar-refractivity contribution is 0.680. The minimum Gasteiger partial charge on any atom is -0.0744 e. The number of benzene rings is 1. The molecule has 0 saturated heterocycles. The van der Waals surface area contributed by atoms with Crippen molar-refractivity contribution in [3.8, 4) is 0 Å². The fraction of sp³-hybridized carbons (Fsp3) is 0.545. The second-order valence-corrected chi connectivity index (χ2v) is 10.4. The van der Waals surface area contributed by atoms with Gasteiger partial charge in [-0.25, -0.2) is 0 Å². The molecule has 2 rings (SSSR count). The Morgan fingerprint density at radius 3 is 2.13 bits per heavy atom. The standard InChI is InChI=1S/C22H34Si/c1-8-9-10-11-20-19(6)18(5)14-22(20,7)23-21-16(3)12-15(2)13-17(21)4/h12-14H,8-11,23H2,1-7H3. The van der Waals surface area contributed by atoms with E-state index >= 15 is 0 Å². The number of unbranched alkanes of at least 4 members (excludes halogenated alkanes) is 2. The molecular weight excluding hydrogens is 292 g/mol. The van der Waals surface area contributed by atoms with E-state index in [1.807, 2.05) is 0 Å². The molecule has 23 heavy (non-hydrogen) atoms. The highest BCUT2D eigenvalue weighted by molar-refractivity contribution is 6.59. The van der Waals surface area contributed by atoms with Crippen molar-refractivity contribution in [2.75, 3.05) is 0 Å². The van der Waals surface area contributed by atoms with Crippen LogP contribution in [0.5, 0.6) is 0 Å².